The van der Waals surface area contributed by atoms with E-state index in [1.807, 2.05) is 0 Å². The van der Waals surface area contributed by atoms with Crippen molar-refractivity contribution in [3.05, 3.63) is 41.1 Å². The molecule has 0 amide bonds. The summed E-state index contributed by atoms with van der Waals surface area (Å²) in [7, 11) is 0. The fourth-order valence-electron chi connectivity index (χ4n) is 2.85. The van der Waals surface area contributed by atoms with E-state index in [4.69, 9.17) is 5.73 Å². The van der Waals surface area contributed by atoms with Crippen molar-refractivity contribution < 1.29 is 0 Å². The zero-order valence-electron chi connectivity index (χ0n) is 11.5. The molecule has 0 saturated heterocycles. The average Bonchev–Trinajstić information content (AvgIpc) is 2.40. The van der Waals surface area contributed by atoms with E-state index >= 15 is 0 Å². The van der Waals surface area contributed by atoms with Crippen LogP contribution in [0, 0.1) is 6.92 Å². The Hall–Kier alpha value is -1.90. The summed E-state index contributed by atoms with van der Waals surface area (Å²) < 4.78 is 0. The Morgan fingerprint density at radius 3 is 2.63 bits per heavy atom. The number of nitrogen functional groups attached to an aromatic ring is 1. The summed E-state index contributed by atoms with van der Waals surface area (Å²) in [5.74, 6) is 0.876. The molecule has 1 aliphatic rings. The van der Waals surface area contributed by atoms with Crippen molar-refractivity contribution in [3.63, 3.8) is 0 Å². The van der Waals surface area contributed by atoms with Crippen LogP contribution in [0.5, 0.6) is 0 Å². The van der Waals surface area contributed by atoms with Gasteiger partial charge in [-0.2, -0.15) is 0 Å². The highest BCUT2D eigenvalue weighted by molar-refractivity contribution is 5.66. The molecule has 1 aromatic heterocycles. The Morgan fingerprint density at radius 1 is 1.16 bits per heavy atom. The van der Waals surface area contributed by atoms with E-state index in [1.54, 1.807) is 0 Å². The molecule has 1 aromatic carbocycles. The monoisotopic (exact) mass is 253 g/mol. The Balaban J connectivity index is 2.18. The molecule has 0 spiro atoms. The summed E-state index contributed by atoms with van der Waals surface area (Å²) in [4.78, 5) is 8.95. The van der Waals surface area contributed by atoms with Gasteiger partial charge in [0.15, 0.2) is 0 Å². The number of benzene rings is 1. The zero-order chi connectivity index (χ0) is 13.4. The number of hydrogen-bond acceptors (Lipinski definition) is 3. The second-order valence-electron chi connectivity index (χ2n) is 5.45. The molecule has 0 bridgehead atoms. The van der Waals surface area contributed by atoms with E-state index in [9.17, 15) is 0 Å². The Bertz CT molecular complexity index is 602. The third-order valence-electron chi connectivity index (χ3n) is 3.91. The third-order valence-corrected chi connectivity index (χ3v) is 3.91. The lowest BCUT2D eigenvalue weighted by atomic mass is 9.86. The number of anilines is 1. The smallest absolute Gasteiger partial charge is 0.220 e. The fourth-order valence-corrected chi connectivity index (χ4v) is 2.85. The van der Waals surface area contributed by atoms with Crippen molar-refractivity contribution in [1.29, 1.82) is 0 Å². The molecule has 3 rings (SSSR count). The van der Waals surface area contributed by atoms with Gasteiger partial charge in [-0.25, -0.2) is 9.97 Å². The predicted octanol–water partition coefficient (Wildman–Crippen LogP) is 3.47. The molecule has 1 atom stereocenters. The van der Waals surface area contributed by atoms with Gasteiger partial charge in [0.1, 0.15) is 0 Å². The Kier molecular flexibility index (Phi) is 2.97. The van der Waals surface area contributed by atoms with Gasteiger partial charge in [0.25, 0.3) is 0 Å². The highest BCUT2D eigenvalue weighted by Gasteiger charge is 2.22. The third kappa shape index (κ3) is 2.21. The molecule has 19 heavy (non-hydrogen) atoms. The van der Waals surface area contributed by atoms with Crippen LogP contribution in [0.4, 0.5) is 5.95 Å². The average molecular weight is 253 g/mol. The van der Waals surface area contributed by atoms with Gasteiger partial charge < -0.3 is 5.73 Å². The van der Waals surface area contributed by atoms with E-state index in [0.717, 1.165) is 23.4 Å². The molecule has 0 radical (unpaired) electrons. The van der Waals surface area contributed by atoms with Crippen LogP contribution in [0.2, 0.25) is 0 Å². The maximum absolute atomic E-state index is 5.89. The van der Waals surface area contributed by atoms with Crippen LogP contribution < -0.4 is 5.73 Å². The lowest BCUT2D eigenvalue weighted by molar-refractivity contribution is 0.572. The highest BCUT2D eigenvalue weighted by Crippen LogP contribution is 2.35. The molecule has 3 nitrogen and oxygen atoms in total. The van der Waals surface area contributed by atoms with E-state index < -0.39 is 0 Å². The SMILES string of the molecule is Cc1ccc(-c2nc(N)nc3c2CCCC3C)cc1. The molecule has 0 aliphatic heterocycles. The fraction of sp³-hybridized carbons (Fsp3) is 0.375. The number of rotatable bonds is 1. The largest absolute Gasteiger partial charge is 0.368 e. The van der Waals surface area contributed by atoms with Crippen molar-refractivity contribution in [2.45, 2.75) is 39.0 Å². The second kappa shape index (κ2) is 4.65. The summed E-state index contributed by atoms with van der Waals surface area (Å²) in [6, 6.07) is 8.48. The molecule has 2 aromatic rings. The molecule has 2 N–H and O–H groups in total. The predicted molar refractivity (Wildman–Crippen MR) is 78.0 cm³/mol. The minimum Gasteiger partial charge on any atom is -0.368 e. The van der Waals surface area contributed by atoms with Gasteiger partial charge in [0.2, 0.25) is 5.95 Å². The summed E-state index contributed by atoms with van der Waals surface area (Å²) in [6.07, 6.45) is 3.46. The van der Waals surface area contributed by atoms with Crippen LogP contribution in [0.15, 0.2) is 24.3 Å². The van der Waals surface area contributed by atoms with Crippen LogP contribution in [0.3, 0.4) is 0 Å². The van der Waals surface area contributed by atoms with Crippen molar-refractivity contribution in [2.24, 2.45) is 0 Å². The van der Waals surface area contributed by atoms with Crippen LogP contribution in [-0.4, -0.2) is 9.97 Å². The first-order chi connectivity index (χ1) is 9.15. The molecular formula is C16H19N3. The van der Waals surface area contributed by atoms with Gasteiger partial charge in [-0.1, -0.05) is 36.8 Å². The molecule has 1 unspecified atom stereocenters. The van der Waals surface area contributed by atoms with Crippen molar-refractivity contribution in [3.8, 4) is 11.3 Å². The standard InChI is InChI=1S/C16H19N3/c1-10-6-8-12(9-7-10)15-13-5-3-4-11(2)14(13)18-16(17)19-15/h6-9,11H,3-5H2,1-2H3,(H2,17,18,19). The zero-order valence-corrected chi connectivity index (χ0v) is 11.5. The number of fused-ring (bicyclic) bond motifs is 1. The van der Waals surface area contributed by atoms with E-state index in [1.165, 1.54) is 24.0 Å². The van der Waals surface area contributed by atoms with Crippen LogP contribution >= 0.6 is 0 Å². The van der Waals surface area contributed by atoms with Gasteiger partial charge >= 0.3 is 0 Å². The summed E-state index contributed by atoms with van der Waals surface area (Å²) in [5.41, 5.74) is 11.7. The van der Waals surface area contributed by atoms with Crippen molar-refractivity contribution in [1.82, 2.24) is 9.97 Å². The maximum Gasteiger partial charge on any atom is 0.220 e. The van der Waals surface area contributed by atoms with E-state index in [2.05, 4.69) is 48.1 Å². The van der Waals surface area contributed by atoms with Crippen LogP contribution in [-0.2, 0) is 6.42 Å². The van der Waals surface area contributed by atoms with E-state index in [0.29, 0.717) is 11.9 Å². The molecule has 3 heteroatoms. The number of aromatic nitrogens is 2. The van der Waals surface area contributed by atoms with Gasteiger partial charge in [-0.05, 0) is 32.1 Å². The first-order valence-electron chi connectivity index (χ1n) is 6.88. The van der Waals surface area contributed by atoms with Crippen molar-refractivity contribution >= 4 is 5.95 Å². The lowest BCUT2D eigenvalue weighted by Gasteiger charge is -2.23. The Morgan fingerprint density at radius 2 is 1.89 bits per heavy atom. The first kappa shape index (κ1) is 12.2. The topological polar surface area (TPSA) is 51.8 Å². The van der Waals surface area contributed by atoms with E-state index in [-0.39, 0.29) is 0 Å². The Labute approximate surface area is 113 Å². The molecule has 0 fully saturated rings. The van der Waals surface area contributed by atoms with Gasteiger partial charge in [-0.3, -0.25) is 0 Å². The summed E-state index contributed by atoms with van der Waals surface area (Å²) >= 11 is 0. The maximum atomic E-state index is 5.89. The van der Waals surface area contributed by atoms with Gasteiger partial charge in [0.05, 0.1) is 11.4 Å². The lowest BCUT2D eigenvalue weighted by Crippen LogP contribution is -2.14. The molecule has 1 aliphatic carbocycles. The number of nitrogens with zero attached hydrogens (tertiary/aromatic N) is 2. The highest BCUT2D eigenvalue weighted by atomic mass is 15.0. The minimum absolute atomic E-state index is 0.392. The second-order valence-corrected chi connectivity index (χ2v) is 5.45. The minimum atomic E-state index is 0.392. The number of aryl methyl sites for hydroxylation is 1. The van der Waals surface area contributed by atoms with Gasteiger partial charge in [0, 0.05) is 11.1 Å². The van der Waals surface area contributed by atoms with Gasteiger partial charge in [-0.15, -0.1) is 0 Å². The normalized spacial score (nSPS) is 18.1. The van der Waals surface area contributed by atoms with Crippen LogP contribution in [0.1, 0.15) is 42.5 Å². The summed E-state index contributed by atoms with van der Waals surface area (Å²) in [5, 5.41) is 0. The molecule has 98 valence electrons. The van der Waals surface area contributed by atoms with Crippen LogP contribution in [0.25, 0.3) is 11.3 Å². The molecular weight excluding hydrogens is 234 g/mol. The number of hydrogen-bond donors (Lipinski definition) is 1. The quantitative estimate of drug-likeness (QED) is 0.846. The molecule has 1 heterocycles. The summed E-state index contributed by atoms with van der Waals surface area (Å²) in [6.45, 7) is 4.32. The number of nitrogens with two attached hydrogens (primary N) is 1. The van der Waals surface area contributed by atoms with Crippen molar-refractivity contribution in [2.75, 3.05) is 5.73 Å². The first-order valence-corrected chi connectivity index (χ1v) is 6.88. The molecule has 0 saturated carbocycles.